The molecule has 0 aliphatic carbocycles. The molecular weight excluding hydrogens is 286 g/mol. The summed E-state index contributed by atoms with van der Waals surface area (Å²) in [6.07, 6.45) is -0.301. The van der Waals surface area contributed by atoms with Crippen molar-refractivity contribution in [1.82, 2.24) is 0 Å². The maximum atomic E-state index is 11.8. The molecule has 3 aromatic rings. The number of benzene rings is 3. The Morgan fingerprint density at radius 1 is 0.783 bits per heavy atom. The monoisotopic (exact) mass is 303 g/mol. The minimum absolute atomic E-state index is 0.639. The van der Waals surface area contributed by atoms with E-state index in [1.54, 1.807) is 12.1 Å². The Labute approximate surface area is 135 Å². The van der Waals surface area contributed by atoms with E-state index in [9.17, 15) is 9.90 Å². The summed E-state index contributed by atoms with van der Waals surface area (Å²) in [5, 5.41) is 9.70. The Bertz CT molecular complexity index is 785. The predicted molar refractivity (Wildman–Crippen MR) is 92.3 cm³/mol. The molecule has 0 spiro atoms. The van der Waals surface area contributed by atoms with Gasteiger partial charge < -0.3 is 5.11 Å². The fourth-order valence-electron chi connectivity index (χ4n) is 2.62. The van der Waals surface area contributed by atoms with Gasteiger partial charge in [-0.25, -0.2) is 9.69 Å². The fraction of sp³-hybridized carbons (Fsp3) is 0.0500. The predicted octanol–water partition coefficient (Wildman–Crippen LogP) is 5.09. The van der Waals surface area contributed by atoms with Gasteiger partial charge in [0.2, 0.25) is 0 Å². The van der Waals surface area contributed by atoms with Gasteiger partial charge in [0.15, 0.2) is 0 Å². The van der Waals surface area contributed by atoms with Gasteiger partial charge in [-0.1, -0.05) is 66.7 Å². The van der Waals surface area contributed by atoms with Gasteiger partial charge in [-0.2, -0.15) is 0 Å². The first-order valence-corrected chi connectivity index (χ1v) is 7.45. The summed E-state index contributed by atoms with van der Waals surface area (Å²) in [6.45, 7) is 0. The van der Waals surface area contributed by atoms with Crippen LogP contribution in [0.15, 0.2) is 84.9 Å². The zero-order valence-corrected chi connectivity index (χ0v) is 12.6. The van der Waals surface area contributed by atoms with Crippen LogP contribution in [-0.4, -0.2) is 11.2 Å². The second kappa shape index (κ2) is 6.79. The lowest BCUT2D eigenvalue weighted by Gasteiger charge is -2.22. The summed E-state index contributed by atoms with van der Waals surface area (Å²) in [5.41, 5.74) is 3.46. The van der Waals surface area contributed by atoms with E-state index in [0.717, 1.165) is 11.1 Å². The average molecular weight is 303 g/mol. The van der Waals surface area contributed by atoms with E-state index >= 15 is 0 Å². The van der Waals surface area contributed by atoms with Crippen LogP contribution in [0.3, 0.4) is 0 Å². The van der Waals surface area contributed by atoms with Crippen molar-refractivity contribution >= 4 is 17.5 Å². The summed E-state index contributed by atoms with van der Waals surface area (Å²) >= 11 is 0. The molecule has 3 rings (SSSR count). The lowest BCUT2D eigenvalue weighted by atomic mass is 10.0. The maximum absolute atomic E-state index is 11.8. The molecule has 0 unspecified atom stereocenters. The highest BCUT2D eigenvalue weighted by atomic mass is 16.4. The Hall–Kier alpha value is -3.07. The Morgan fingerprint density at radius 2 is 1.35 bits per heavy atom. The van der Waals surface area contributed by atoms with E-state index in [4.69, 9.17) is 0 Å². The van der Waals surface area contributed by atoms with Gasteiger partial charge >= 0.3 is 6.09 Å². The number of anilines is 2. The molecule has 1 N–H and O–H groups in total. The molecule has 0 heterocycles. The van der Waals surface area contributed by atoms with Gasteiger partial charge in [0.1, 0.15) is 0 Å². The molecule has 0 aromatic heterocycles. The molecule has 0 aliphatic rings. The standard InChI is InChI=1S/C20H17NO2/c22-20(23)21(18-12-5-2-6-13-18)19-14-8-7-11-17(19)15-16-9-3-1-4-10-16/h1-14H,15H2,(H,22,23). The van der Waals surface area contributed by atoms with Crippen molar-refractivity contribution in [2.45, 2.75) is 6.42 Å². The van der Waals surface area contributed by atoms with Gasteiger partial charge in [-0.05, 0) is 35.7 Å². The highest BCUT2D eigenvalue weighted by Crippen LogP contribution is 2.30. The van der Waals surface area contributed by atoms with Crippen molar-refractivity contribution in [3.63, 3.8) is 0 Å². The van der Waals surface area contributed by atoms with Crippen molar-refractivity contribution in [1.29, 1.82) is 0 Å². The van der Waals surface area contributed by atoms with Crippen LogP contribution in [0.4, 0.5) is 16.2 Å². The first-order valence-electron chi connectivity index (χ1n) is 7.45. The molecule has 1 amide bonds. The third-order valence-corrected chi connectivity index (χ3v) is 3.68. The number of hydrogen-bond acceptors (Lipinski definition) is 1. The number of rotatable bonds is 4. The van der Waals surface area contributed by atoms with Gasteiger partial charge in [-0.15, -0.1) is 0 Å². The third kappa shape index (κ3) is 3.40. The summed E-state index contributed by atoms with van der Waals surface area (Å²) in [5.74, 6) is 0. The zero-order valence-electron chi connectivity index (χ0n) is 12.6. The molecule has 0 aliphatic heterocycles. The van der Waals surface area contributed by atoms with Crippen molar-refractivity contribution in [2.75, 3.05) is 4.90 Å². The van der Waals surface area contributed by atoms with Crippen molar-refractivity contribution in [2.24, 2.45) is 0 Å². The Morgan fingerprint density at radius 3 is 2.00 bits per heavy atom. The lowest BCUT2D eigenvalue weighted by molar-refractivity contribution is 0.204. The third-order valence-electron chi connectivity index (χ3n) is 3.68. The van der Waals surface area contributed by atoms with E-state index < -0.39 is 6.09 Å². The van der Waals surface area contributed by atoms with Crippen LogP contribution in [0.1, 0.15) is 11.1 Å². The highest BCUT2D eigenvalue weighted by Gasteiger charge is 2.19. The van der Waals surface area contributed by atoms with Gasteiger partial charge in [0.05, 0.1) is 11.4 Å². The molecule has 0 saturated carbocycles. The van der Waals surface area contributed by atoms with Gasteiger partial charge in [0.25, 0.3) is 0 Å². The van der Waals surface area contributed by atoms with Crippen molar-refractivity contribution < 1.29 is 9.90 Å². The number of carboxylic acid groups (broad SMARTS) is 1. The largest absolute Gasteiger partial charge is 0.464 e. The second-order valence-electron chi connectivity index (χ2n) is 5.24. The molecule has 0 radical (unpaired) electrons. The molecule has 0 bridgehead atoms. The van der Waals surface area contributed by atoms with Crippen molar-refractivity contribution in [3.05, 3.63) is 96.1 Å². The first-order chi connectivity index (χ1) is 11.3. The molecule has 23 heavy (non-hydrogen) atoms. The van der Waals surface area contributed by atoms with E-state index in [1.807, 2.05) is 72.8 Å². The fourth-order valence-corrected chi connectivity index (χ4v) is 2.62. The quantitative estimate of drug-likeness (QED) is 0.729. The van der Waals surface area contributed by atoms with Gasteiger partial charge in [0, 0.05) is 0 Å². The lowest BCUT2D eigenvalue weighted by Crippen LogP contribution is -2.24. The summed E-state index contributed by atoms with van der Waals surface area (Å²) in [7, 11) is 0. The summed E-state index contributed by atoms with van der Waals surface area (Å²) in [6, 6.07) is 26.8. The summed E-state index contributed by atoms with van der Waals surface area (Å²) in [4.78, 5) is 13.2. The number of carbonyl (C=O) groups is 1. The molecule has 0 atom stereocenters. The number of para-hydroxylation sites is 2. The second-order valence-corrected chi connectivity index (χ2v) is 5.24. The minimum Gasteiger partial charge on any atom is -0.464 e. The van der Waals surface area contributed by atoms with E-state index in [-0.39, 0.29) is 0 Å². The van der Waals surface area contributed by atoms with E-state index in [0.29, 0.717) is 17.8 Å². The Balaban J connectivity index is 2.03. The maximum Gasteiger partial charge on any atom is 0.416 e. The van der Waals surface area contributed by atoms with Crippen LogP contribution in [0.2, 0.25) is 0 Å². The molecule has 0 fully saturated rings. The topological polar surface area (TPSA) is 40.5 Å². The molecule has 3 heteroatoms. The summed E-state index contributed by atoms with van der Waals surface area (Å²) < 4.78 is 0. The number of nitrogens with zero attached hydrogens (tertiary/aromatic N) is 1. The molecule has 3 aromatic carbocycles. The number of amides is 1. The molecule has 0 saturated heterocycles. The highest BCUT2D eigenvalue weighted by molar-refractivity contribution is 5.95. The van der Waals surface area contributed by atoms with E-state index in [1.165, 1.54) is 4.90 Å². The Kier molecular flexibility index (Phi) is 4.39. The first kappa shape index (κ1) is 14.9. The minimum atomic E-state index is -0.989. The zero-order chi connectivity index (χ0) is 16.1. The molecule has 3 nitrogen and oxygen atoms in total. The molecule has 114 valence electrons. The van der Waals surface area contributed by atoms with Crippen LogP contribution in [0.25, 0.3) is 0 Å². The van der Waals surface area contributed by atoms with Crippen LogP contribution >= 0.6 is 0 Å². The van der Waals surface area contributed by atoms with Crippen LogP contribution < -0.4 is 4.90 Å². The van der Waals surface area contributed by atoms with Crippen LogP contribution in [0.5, 0.6) is 0 Å². The van der Waals surface area contributed by atoms with Gasteiger partial charge in [-0.3, -0.25) is 0 Å². The van der Waals surface area contributed by atoms with E-state index in [2.05, 4.69) is 0 Å². The average Bonchev–Trinajstić information content (AvgIpc) is 2.58. The smallest absolute Gasteiger partial charge is 0.416 e. The molecular formula is C20H17NO2. The normalized spacial score (nSPS) is 10.3. The SMILES string of the molecule is O=C(O)N(c1ccccc1)c1ccccc1Cc1ccccc1. The van der Waals surface area contributed by atoms with Crippen molar-refractivity contribution in [3.8, 4) is 0 Å². The van der Waals surface area contributed by atoms with Crippen LogP contribution in [-0.2, 0) is 6.42 Å². The number of hydrogen-bond donors (Lipinski definition) is 1. The van der Waals surface area contributed by atoms with Crippen LogP contribution in [0, 0.1) is 0 Å².